The Kier molecular flexibility index (Phi) is 4.87. The predicted octanol–water partition coefficient (Wildman–Crippen LogP) is 1.02. The fraction of sp³-hybridized carbons (Fsp3) is 0.316. The molecule has 3 N–H and O–H groups in total. The van der Waals surface area contributed by atoms with Crippen molar-refractivity contribution >= 4 is 17.4 Å². The Morgan fingerprint density at radius 1 is 1.36 bits per heavy atom. The number of carbonyl (C=O) groups is 1. The highest BCUT2D eigenvalue weighted by atomic mass is 16.2. The summed E-state index contributed by atoms with van der Waals surface area (Å²) in [6.07, 6.45) is 6.97. The molecule has 1 saturated heterocycles. The maximum atomic E-state index is 11.9. The van der Waals surface area contributed by atoms with Crippen LogP contribution in [-0.4, -0.2) is 55.8 Å². The van der Waals surface area contributed by atoms with Crippen LogP contribution in [0.1, 0.15) is 18.4 Å². The van der Waals surface area contributed by atoms with E-state index in [0.29, 0.717) is 29.4 Å². The van der Waals surface area contributed by atoms with Gasteiger partial charge in [0, 0.05) is 31.5 Å². The van der Waals surface area contributed by atoms with E-state index in [1.165, 1.54) is 0 Å². The quantitative estimate of drug-likeness (QED) is 0.696. The van der Waals surface area contributed by atoms with Gasteiger partial charge in [-0.3, -0.25) is 9.20 Å². The van der Waals surface area contributed by atoms with Gasteiger partial charge in [-0.25, -0.2) is 15.0 Å². The molecule has 3 aromatic rings. The standard InChI is InChI=1S/C19H20N8O/c20-8-13-3-4-17-23-10-15(27(17)11-13)19-22-6-5-16(25-19)24-14-2-1-7-26(12-14)18(28)9-21/h3-6,10-11,14H,1-2,7,9,12,21H2,(H,22,24,25)/t14-/m0/s1. The van der Waals surface area contributed by atoms with E-state index in [2.05, 4.69) is 26.3 Å². The number of likely N-dealkylation sites (tertiary alicyclic amines) is 1. The first-order valence-corrected chi connectivity index (χ1v) is 9.13. The Morgan fingerprint density at radius 2 is 2.25 bits per heavy atom. The summed E-state index contributed by atoms with van der Waals surface area (Å²) in [5.41, 5.74) is 7.44. The van der Waals surface area contributed by atoms with Crippen LogP contribution in [0.2, 0.25) is 0 Å². The summed E-state index contributed by atoms with van der Waals surface area (Å²) < 4.78 is 1.81. The van der Waals surface area contributed by atoms with E-state index in [1.807, 2.05) is 0 Å². The van der Waals surface area contributed by atoms with Gasteiger partial charge in [0.25, 0.3) is 0 Å². The molecule has 0 spiro atoms. The Bertz CT molecular complexity index is 1050. The highest BCUT2D eigenvalue weighted by molar-refractivity contribution is 5.78. The van der Waals surface area contributed by atoms with Gasteiger partial charge in [-0.05, 0) is 31.0 Å². The van der Waals surface area contributed by atoms with Crippen LogP contribution in [0.3, 0.4) is 0 Å². The van der Waals surface area contributed by atoms with Crippen LogP contribution in [0.25, 0.3) is 17.2 Å². The third-order valence-corrected chi connectivity index (χ3v) is 4.82. The largest absolute Gasteiger partial charge is 0.365 e. The van der Waals surface area contributed by atoms with Gasteiger partial charge in [-0.1, -0.05) is 0 Å². The smallest absolute Gasteiger partial charge is 0.236 e. The van der Waals surface area contributed by atoms with E-state index < -0.39 is 0 Å². The average molecular weight is 376 g/mol. The Labute approximate surface area is 161 Å². The monoisotopic (exact) mass is 376 g/mol. The predicted molar refractivity (Wildman–Crippen MR) is 103 cm³/mol. The number of nitrogens with two attached hydrogens (primary N) is 1. The topological polar surface area (TPSA) is 125 Å². The number of anilines is 1. The fourth-order valence-corrected chi connectivity index (χ4v) is 3.43. The molecule has 3 aromatic heterocycles. The molecule has 1 fully saturated rings. The molecular weight excluding hydrogens is 356 g/mol. The number of rotatable bonds is 4. The van der Waals surface area contributed by atoms with Crippen molar-refractivity contribution in [1.82, 2.24) is 24.3 Å². The minimum Gasteiger partial charge on any atom is -0.365 e. The minimum atomic E-state index is -0.0334. The number of pyridine rings is 1. The van der Waals surface area contributed by atoms with Crippen molar-refractivity contribution in [3.8, 4) is 17.6 Å². The van der Waals surface area contributed by atoms with Crippen LogP contribution in [0.4, 0.5) is 5.82 Å². The minimum absolute atomic E-state index is 0.0311. The van der Waals surface area contributed by atoms with E-state index in [9.17, 15) is 4.79 Å². The molecule has 28 heavy (non-hydrogen) atoms. The molecule has 1 aliphatic heterocycles. The third-order valence-electron chi connectivity index (χ3n) is 4.82. The maximum absolute atomic E-state index is 11.9. The number of piperidine rings is 1. The molecule has 0 bridgehead atoms. The Morgan fingerprint density at radius 3 is 3.07 bits per heavy atom. The van der Waals surface area contributed by atoms with Gasteiger partial charge in [0.05, 0.1) is 18.3 Å². The lowest BCUT2D eigenvalue weighted by atomic mass is 10.1. The number of nitrogens with one attached hydrogen (secondary N) is 1. The number of hydrogen-bond acceptors (Lipinski definition) is 7. The lowest BCUT2D eigenvalue weighted by molar-refractivity contribution is -0.130. The van der Waals surface area contributed by atoms with Crippen molar-refractivity contribution in [3.63, 3.8) is 0 Å². The molecule has 0 radical (unpaired) electrons. The van der Waals surface area contributed by atoms with E-state index in [0.717, 1.165) is 25.0 Å². The van der Waals surface area contributed by atoms with Crippen molar-refractivity contribution in [2.24, 2.45) is 5.73 Å². The molecule has 9 heteroatoms. The number of nitriles is 1. The number of amides is 1. The second-order valence-corrected chi connectivity index (χ2v) is 6.69. The molecule has 4 heterocycles. The number of aromatic nitrogens is 4. The lowest BCUT2D eigenvalue weighted by Crippen LogP contribution is -2.47. The number of nitrogens with zero attached hydrogens (tertiary/aromatic N) is 6. The summed E-state index contributed by atoms with van der Waals surface area (Å²) in [6.45, 7) is 1.38. The van der Waals surface area contributed by atoms with E-state index in [1.54, 1.807) is 46.1 Å². The summed E-state index contributed by atoms with van der Waals surface area (Å²) >= 11 is 0. The Hall–Kier alpha value is -3.51. The zero-order valence-corrected chi connectivity index (χ0v) is 15.2. The normalized spacial score (nSPS) is 16.7. The highest BCUT2D eigenvalue weighted by Gasteiger charge is 2.23. The molecular formula is C19H20N8O. The SMILES string of the molecule is N#Cc1ccc2ncc(-c3nccc(N[C@H]4CCCN(C(=O)CN)C4)n3)n2c1. The summed E-state index contributed by atoms with van der Waals surface area (Å²) in [5, 5.41) is 12.5. The summed E-state index contributed by atoms with van der Waals surface area (Å²) in [7, 11) is 0. The number of fused-ring (bicyclic) bond motifs is 1. The van der Waals surface area contributed by atoms with Crippen molar-refractivity contribution in [2.45, 2.75) is 18.9 Å². The Balaban J connectivity index is 1.57. The van der Waals surface area contributed by atoms with Crippen LogP contribution in [0.15, 0.2) is 36.8 Å². The molecule has 0 aliphatic carbocycles. The first-order valence-electron chi connectivity index (χ1n) is 9.13. The van der Waals surface area contributed by atoms with Gasteiger partial charge in [-0.2, -0.15) is 5.26 Å². The summed E-state index contributed by atoms with van der Waals surface area (Å²) in [4.78, 5) is 27.0. The van der Waals surface area contributed by atoms with Crippen molar-refractivity contribution < 1.29 is 4.79 Å². The van der Waals surface area contributed by atoms with Gasteiger partial charge in [0.2, 0.25) is 5.91 Å². The lowest BCUT2D eigenvalue weighted by Gasteiger charge is -2.33. The van der Waals surface area contributed by atoms with Gasteiger partial charge in [0.1, 0.15) is 23.2 Å². The fourth-order valence-electron chi connectivity index (χ4n) is 3.43. The molecule has 1 atom stereocenters. The van der Waals surface area contributed by atoms with Crippen LogP contribution in [0.5, 0.6) is 0 Å². The highest BCUT2D eigenvalue weighted by Crippen LogP contribution is 2.20. The average Bonchev–Trinajstić information content (AvgIpc) is 3.16. The first kappa shape index (κ1) is 17.9. The van der Waals surface area contributed by atoms with Crippen LogP contribution >= 0.6 is 0 Å². The summed E-state index contributed by atoms with van der Waals surface area (Å²) in [5.74, 6) is 1.16. The number of carbonyl (C=O) groups excluding carboxylic acids is 1. The zero-order valence-electron chi connectivity index (χ0n) is 15.2. The van der Waals surface area contributed by atoms with Crippen molar-refractivity contribution in [2.75, 3.05) is 25.0 Å². The van der Waals surface area contributed by atoms with Crippen molar-refractivity contribution in [1.29, 1.82) is 5.26 Å². The summed E-state index contributed by atoms with van der Waals surface area (Å²) in [6, 6.07) is 7.55. The van der Waals surface area contributed by atoms with Gasteiger partial charge >= 0.3 is 0 Å². The van der Waals surface area contributed by atoms with Crippen LogP contribution < -0.4 is 11.1 Å². The second kappa shape index (κ2) is 7.62. The number of imidazole rings is 1. The number of hydrogen-bond donors (Lipinski definition) is 2. The van der Waals surface area contributed by atoms with Crippen molar-refractivity contribution in [3.05, 3.63) is 42.4 Å². The molecule has 0 saturated carbocycles. The maximum Gasteiger partial charge on any atom is 0.236 e. The van der Waals surface area contributed by atoms with Crippen LogP contribution in [0, 0.1) is 11.3 Å². The van der Waals surface area contributed by atoms with Gasteiger partial charge < -0.3 is 16.0 Å². The van der Waals surface area contributed by atoms with Crippen LogP contribution in [-0.2, 0) is 4.79 Å². The molecule has 1 amide bonds. The van der Waals surface area contributed by atoms with E-state index in [-0.39, 0.29) is 18.5 Å². The molecule has 1 aliphatic rings. The first-order chi connectivity index (χ1) is 13.7. The second-order valence-electron chi connectivity index (χ2n) is 6.69. The van der Waals surface area contributed by atoms with Gasteiger partial charge in [0.15, 0.2) is 5.82 Å². The molecule has 0 aromatic carbocycles. The molecule has 0 unspecified atom stereocenters. The molecule has 4 rings (SSSR count). The zero-order chi connectivity index (χ0) is 19.5. The van der Waals surface area contributed by atoms with E-state index in [4.69, 9.17) is 11.0 Å². The molecule has 9 nitrogen and oxygen atoms in total. The third kappa shape index (κ3) is 3.50. The molecule has 142 valence electrons. The van der Waals surface area contributed by atoms with E-state index >= 15 is 0 Å². The van der Waals surface area contributed by atoms with Gasteiger partial charge in [-0.15, -0.1) is 0 Å².